The summed E-state index contributed by atoms with van der Waals surface area (Å²) in [6, 6.07) is 16.4. The van der Waals surface area contributed by atoms with Gasteiger partial charge in [0.25, 0.3) is 0 Å². The van der Waals surface area contributed by atoms with Gasteiger partial charge in [-0.2, -0.15) is 5.26 Å². The lowest BCUT2D eigenvalue weighted by Gasteiger charge is -2.21. The van der Waals surface area contributed by atoms with Crippen LogP contribution in [0.5, 0.6) is 0 Å². The van der Waals surface area contributed by atoms with Crippen LogP contribution in [-0.4, -0.2) is 0 Å². The molecule has 0 aliphatic carbocycles. The summed E-state index contributed by atoms with van der Waals surface area (Å²) >= 11 is 6.45. The molecule has 1 nitrogen and oxygen atoms in total. The summed E-state index contributed by atoms with van der Waals surface area (Å²) in [5.41, 5.74) is 4.44. The minimum Gasteiger partial charge on any atom is -0.192 e. The van der Waals surface area contributed by atoms with E-state index in [-0.39, 0.29) is 5.41 Å². The van der Waals surface area contributed by atoms with Gasteiger partial charge in [0.2, 0.25) is 0 Å². The number of benzene rings is 2. The Hall–Kier alpha value is -1.78. The molecule has 22 heavy (non-hydrogen) atoms. The second kappa shape index (κ2) is 6.55. The number of hydrogen-bond donors (Lipinski definition) is 0. The summed E-state index contributed by atoms with van der Waals surface area (Å²) in [6.45, 7) is 8.72. The second-order valence-corrected chi connectivity index (χ2v) is 7.31. The molecule has 0 saturated heterocycles. The fourth-order valence-corrected chi connectivity index (χ4v) is 3.14. The quantitative estimate of drug-likeness (QED) is 0.697. The van der Waals surface area contributed by atoms with E-state index >= 15 is 0 Å². The predicted octanol–water partition coefficient (Wildman–Crippen LogP) is 5.86. The molecule has 0 radical (unpaired) electrons. The zero-order chi connectivity index (χ0) is 16.3. The molecule has 2 heteroatoms. The standard InChI is InChI=1S/C20H22ClN/c1-14(17-8-5-15(13-22)6-9-17)11-16-7-10-18(19(21)12-16)20(2,3)4/h5-10,12,14H,11H2,1-4H3. The van der Waals surface area contributed by atoms with Crippen LogP contribution >= 0.6 is 11.6 Å². The minimum absolute atomic E-state index is 0.0638. The summed E-state index contributed by atoms with van der Waals surface area (Å²) in [7, 11) is 0. The number of nitriles is 1. The smallest absolute Gasteiger partial charge is 0.0991 e. The third-order valence-corrected chi connectivity index (χ3v) is 4.30. The molecule has 0 fully saturated rings. The molecular weight excluding hydrogens is 290 g/mol. The van der Waals surface area contributed by atoms with Crippen molar-refractivity contribution in [3.05, 3.63) is 69.7 Å². The molecule has 2 rings (SSSR count). The molecular formula is C20H22ClN. The zero-order valence-electron chi connectivity index (χ0n) is 13.7. The van der Waals surface area contributed by atoms with Gasteiger partial charge >= 0.3 is 0 Å². The van der Waals surface area contributed by atoms with Crippen LogP contribution in [0, 0.1) is 11.3 Å². The Labute approximate surface area is 138 Å². The summed E-state index contributed by atoms with van der Waals surface area (Å²) < 4.78 is 0. The lowest BCUT2D eigenvalue weighted by molar-refractivity contribution is 0.590. The van der Waals surface area contributed by atoms with Gasteiger partial charge in [-0.25, -0.2) is 0 Å². The van der Waals surface area contributed by atoms with Crippen LogP contribution < -0.4 is 0 Å². The van der Waals surface area contributed by atoms with E-state index in [9.17, 15) is 0 Å². The van der Waals surface area contributed by atoms with Gasteiger partial charge in [0.15, 0.2) is 0 Å². The Morgan fingerprint density at radius 3 is 2.23 bits per heavy atom. The van der Waals surface area contributed by atoms with Crippen molar-refractivity contribution in [3.8, 4) is 6.07 Å². The minimum atomic E-state index is 0.0638. The van der Waals surface area contributed by atoms with Gasteiger partial charge in [-0.05, 0) is 52.6 Å². The second-order valence-electron chi connectivity index (χ2n) is 6.90. The van der Waals surface area contributed by atoms with E-state index < -0.39 is 0 Å². The van der Waals surface area contributed by atoms with E-state index in [4.69, 9.17) is 16.9 Å². The molecule has 0 heterocycles. The Kier molecular flexibility index (Phi) is 4.94. The summed E-state index contributed by atoms with van der Waals surface area (Å²) in [5.74, 6) is 0.393. The monoisotopic (exact) mass is 311 g/mol. The average molecular weight is 312 g/mol. The van der Waals surface area contributed by atoms with Gasteiger partial charge < -0.3 is 0 Å². The maximum absolute atomic E-state index is 8.86. The molecule has 114 valence electrons. The maximum atomic E-state index is 8.86. The van der Waals surface area contributed by atoms with Crippen molar-refractivity contribution in [1.82, 2.24) is 0 Å². The molecule has 2 aromatic rings. The number of hydrogen-bond acceptors (Lipinski definition) is 1. The van der Waals surface area contributed by atoms with Gasteiger partial charge in [0.05, 0.1) is 11.6 Å². The summed E-state index contributed by atoms with van der Waals surface area (Å²) in [6.07, 6.45) is 0.941. The lowest BCUT2D eigenvalue weighted by atomic mass is 9.85. The Bertz CT molecular complexity index is 687. The van der Waals surface area contributed by atoms with Crippen molar-refractivity contribution in [1.29, 1.82) is 5.26 Å². The first kappa shape index (κ1) is 16.6. The first-order chi connectivity index (χ1) is 10.3. The van der Waals surface area contributed by atoms with Gasteiger partial charge in [-0.15, -0.1) is 0 Å². The Balaban J connectivity index is 2.16. The van der Waals surface area contributed by atoms with Crippen LogP contribution in [0.2, 0.25) is 5.02 Å². The van der Waals surface area contributed by atoms with Gasteiger partial charge in [0.1, 0.15) is 0 Å². The lowest BCUT2D eigenvalue weighted by Crippen LogP contribution is -2.12. The molecule has 0 aliphatic rings. The molecule has 2 aromatic carbocycles. The van der Waals surface area contributed by atoms with Crippen molar-refractivity contribution >= 4 is 11.6 Å². The van der Waals surface area contributed by atoms with Crippen molar-refractivity contribution in [2.24, 2.45) is 0 Å². The van der Waals surface area contributed by atoms with Gasteiger partial charge in [-0.1, -0.05) is 63.6 Å². The summed E-state index contributed by atoms with van der Waals surface area (Å²) in [4.78, 5) is 0. The molecule has 0 N–H and O–H groups in total. The molecule has 0 saturated carbocycles. The van der Waals surface area contributed by atoms with Crippen LogP contribution in [0.15, 0.2) is 42.5 Å². The molecule has 1 unspecified atom stereocenters. The largest absolute Gasteiger partial charge is 0.192 e. The number of halogens is 1. The van der Waals surface area contributed by atoms with E-state index in [1.54, 1.807) is 0 Å². The number of rotatable bonds is 3. The normalized spacial score (nSPS) is 12.7. The van der Waals surface area contributed by atoms with Crippen molar-refractivity contribution in [3.63, 3.8) is 0 Å². The topological polar surface area (TPSA) is 23.8 Å². The molecule has 0 amide bonds. The van der Waals surface area contributed by atoms with E-state index in [1.165, 1.54) is 16.7 Å². The molecule has 1 atom stereocenters. The maximum Gasteiger partial charge on any atom is 0.0991 e. The third kappa shape index (κ3) is 3.90. The fraction of sp³-hybridized carbons (Fsp3) is 0.350. The first-order valence-electron chi connectivity index (χ1n) is 7.60. The van der Waals surface area contributed by atoms with E-state index in [2.05, 4.69) is 52.0 Å². The third-order valence-electron chi connectivity index (χ3n) is 3.99. The molecule has 0 aromatic heterocycles. The van der Waals surface area contributed by atoms with Crippen LogP contribution in [0.4, 0.5) is 0 Å². The molecule has 0 bridgehead atoms. The highest BCUT2D eigenvalue weighted by Crippen LogP contribution is 2.31. The zero-order valence-corrected chi connectivity index (χ0v) is 14.4. The number of nitrogens with zero attached hydrogens (tertiary/aromatic N) is 1. The average Bonchev–Trinajstić information content (AvgIpc) is 2.46. The highest BCUT2D eigenvalue weighted by molar-refractivity contribution is 6.31. The predicted molar refractivity (Wildman–Crippen MR) is 93.4 cm³/mol. The fourth-order valence-electron chi connectivity index (χ4n) is 2.65. The van der Waals surface area contributed by atoms with Crippen LogP contribution in [0.3, 0.4) is 0 Å². The highest BCUT2D eigenvalue weighted by Gasteiger charge is 2.17. The Morgan fingerprint density at radius 2 is 1.73 bits per heavy atom. The summed E-state index contributed by atoms with van der Waals surface area (Å²) in [5, 5.41) is 9.70. The SMILES string of the molecule is CC(Cc1ccc(C(C)(C)C)c(Cl)c1)c1ccc(C#N)cc1. The highest BCUT2D eigenvalue weighted by atomic mass is 35.5. The molecule has 0 spiro atoms. The van der Waals surface area contributed by atoms with Gasteiger partial charge in [0, 0.05) is 5.02 Å². The van der Waals surface area contributed by atoms with Crippen LogP contribution in [0.1, 0.15) is 55.9 Å². The van der Waals surface area contributed by atoms with Crippen LogP contribution in [-0.2, 0) is 11.8 Å². The first-order valence-corrected chi connectivity index (χ1v) is 7.98. The van der Waals surface area contributed by atoms with E-state index in [1.807, 2.05) is 24.3 Å². The van der Waals surface area contributed by atoms with Gasteiger partial charge in [-0.3, -0.25) is 0 Å². The van der Waals surface area contributed by atoms with E-state index in [0.29, 0.717) is 11.5 Å². The van der Waals surface area contributed by atoms with Crippen LogP contribution in [0.25, 0.3) is 0 Å². The Morgan fingerprint density at radius 1 is 1.09 bits per heavy atom. The van der Waals surface area contributed by atoms with Crippen molar-refractivity contribution in [2.45, 2.75) is 45.4 Å². The van der Waals surface area contributed by atoms with Crippen molar-refractivity contribution < 1.29 is 0 Å². The van der Waals surface area contributed by atoms with Crippen molar-refractivity contribution in [2.75, 3.05) is 0 Å². The molecule has 0 aliphatic heterocycles. The van der Waals surface area contributed by atoms with E-state index in [0.717, 1.165) is 11.4 Å².